The zero-order valence-corrected chi connectivity index (χ0v) is 14.5. The first-order chi connectivity index (χ1) is 11.4. The molecule has 2 N–H and O–H groups in total. The van der Waals surface area contributed by atoms with Gasteiger partial charge < -0.3 is 19.9 Å². The van der Waals surface area contributed by atoms with Gasteiger partial charge in [-0.15, -0.1) is 0 Å². The Labute approximate surface area is 142 Å². The molecule has 6 nitrogen and oxygen atoms in total. The number of rotatable bonds is 8. The molecule has 1 fully saturated rings. The molecule has 0 aliphatic heterocycles. The second-order valence-corrected chi connectivity index (χ2v) is 6.59. The number of hydrogen-bond donors (Lipinski definition) is 2. The van der Waals surface area contributed by atoms with E-state index >= 15 is 0 Å². The zero-order valence-electron chi connectivity index (χ0n) is 14.5. The van der Waals surface area contributed by atoms with Crippen LogP contribution in [0.2, 0.25) is 0 Å². The number of ether oxygens (including phenoxy) is 2. The lowest BCUT2D eigenvalue weighted by molar-refractivity contribution is -0.142. The number of carboxylic acids is 1. The molecule has 132 valence electrons. The van der Waals surface area contributed by atoms with E-state index in [1.165, 1.54) is 0 Å². The number of carbonyl (C=O) groups is 2. The van der Waals surface area contributed by atoms with E-state index in [-0.39, 0.29) is 23.7 Å². The standard InChI is InChI=1S/C18H25NO5/c1-10(2)7-15(18(21)22)19-17(20)14-9-12(14)13-8-11(23-3)5-6-16(13)24-4/h5-6,8,10,12,14-15H,7,9H2,1-4H3,(H,19,20)(H,21,22)/t12?,14?,15-/m1/s1. The van der Waals surface area contributed by atoms with E-state index in [9.17, 15) is 14.7 Å². The SMILES string of the molecule is COc1ccc(OC)c(C2CC2C(=O)N[C@H](CC(C)C)C(=O)O)c1. The Morgan fingerprint density at radius 1 is 1.29 bits per heavy atom. The van der Waals surface area contributed by atoms with Gasteiger partial charge >= 0.3 is 5.97 Å². The monoisotopic (exact) mass is 335 g/mol. The van der Waals surface area contributed by atoms with Crippen LogP contribution in [0.1, 0.15) is 38.2 Å². The number of nitrogens with one attached hydrogen (secondary N) is 1. The molecule has 2 rings (SSSR count). The number of carbonyl (C=O) groups excluding carboxylic acids is 1. The molecule has 0 bridgehead atoms. The van der Waals surface area contributed by atoms with Crippen molar-refractivity contribution in [1.82, 2.24) is 5.32 Å². The number of hydrogen-bond acceptors (Lipinski definition) is 4. The van der Waals surface area contributed by atoms with Gasteiger partial charge in [0.1, 0.15) is 17.5 Å². The first-order valence-corrected chi connectivity index (χ1v) is 8.12. The van der Waals surface area contributed by atoms with E-state index in [1.54, 1.807) is 14.2 Å². The molecule has 1 aliphatic rings. The highest BCUT2D eigenvalue weighted by atomic mass is 16.5. The molecule has 1 aromatic carbocycles. The van der Waals surface area contributed by atoms with Gasteiger partial charge in [0.25, 0.3) is 0 Å². The summed E-state index contributed by atoms with van der Waals surface area (Å²) in [7, 11) is 3.18. The Balaban J connectivity index is 2.06. The van der Waals surface area contributed by atoms with E-state index in [0.717, 1.165) is 5.56 Å². The summed E-state index contributed by atoms with van der Waals surface area (Å²) in [6, 6.07) is 4.66. The fraction of sp³-hybridized carbons (Fsp3) is 0.556. The van der Waals surface area contributed by atoms with Crippen molar-refractivity contribution in [3.05, 3.63) is 23.8 Å². The molecule has 6 heteroatoms. The van der Waals surface area contributed by atoms with E-state index < -0.39 is 12.0 Å². The summed E-state index contributed by atoms with van der Waals surface area (Å²) in [6.07, 6.45) is 1.10. The summed E-state index contributed by atoms with van der Waals surface area (Å²) in [5.41, 5.74) is 0.924. The molecular formula is C18H25NO5. The molecular weight excluding hydrogens is 310 g/mol. The van der Waals surface area contributed by atoms with Crippen molar-refractivity contribution < 1.29 is 24.2 Å². The summed E-state index contributed by atoms with van der Waals surface area (Å²) in [5, 5.41) is 11.9. The second kappa shape index (κ2) is 7.55. The molecule has 0 aromatic heterocycles. The molecule has 2 unspecified atom stereocenters. The highest BCUT2D eigenvalue weighted by molar-refractivity contribution is 5.87. The second-order valence-electron chi connectivity index (χ2n) is 6.59. The smallest absolute Gasteiger partial charge is 0.326 e. The predicted molar refractivity (Wildman–Crippen MR) is 89.4 cm³/mol. The molecule has 0 saturated heterocycles. The van der Waals surface area contributed by atoms with Crippen LogP contribution in [0.3, 0.4) is 0 Å². The zero-order chi connectivity index (χ0) is 17.9. The summed E-state index contributed by atoms with van der Waals surface area (Å²) < 4.78 is 10.6. The molecule has 1 aliphatic carbocycles. The average Bonchev–Trinajstić information content (AvgIpc) is 3.33. The highest BCUT2D eigenvalue weighted by Gasteiger charge is 2.46. The van der Waals surface area contributed by atoms with Gasteiger partial charge in [0, 0.05) is 17.4 Å². The lowest BCUT2D eigenvalue weighted by Gasteiger charge is -2.16. The summed E-state index contributed by atoms with van der Waals surface area (Å²) >= 11 is 0. The molecule has 1 aromatic rings. The van der Waals surface area contributed by atoms with E-state index in [4.69, 9.17) is 9.47 Å². The summed E-state index contributed by atoms with van der Waals surface area (Å²) in [5.74, 6) is 0.225. The minimum absolute atomic E-state index is 0.0311. The van der Waals surface area contributed by atoms with Crippen molar-refractivity contribution in [3.8, 4) is 11.5 Å². The Morgan fingerprint density at radius 3 is 2.54 bits per heavy atom. The number of aliphatic carboxylic acids is 1. The summed E-state index contributed by atoms with van der Waals surface area (Å²) in [6.45, 7) is 3.87. The Kier molecular flexibility index (Phi) is 5.70. The Bertz CT molecular complexity index is 613. The number of amides is 1. The molecule has 0 heterocycles. The molecule has 1 amide bonds. The van der Waals surface area contributed by atoms with Gasteiger partial charge in [0.05, 0.1) is 14.2 Å². The highest BCUT2D eigenvalue weighted by Crippen LogP contribution is 2.51. The number of carboxylic acid groups (broad SMARTS) is 1. The molecule has 0 spiro atoms. The number of methoxy groups -OCH3 is 2. The maximum Gasteiger partial charge on any atom is 0.326 e. The molecule has 24 heavy (non-hydrogen) atoms. The Hall–Kier alpha value is -2.24. The maximum absolute atomic E-state index is 12.4. The van der Waals surface area contributed by atoms with E-state index in [1.807, 2.05) is 32.0 Å². The van der Waals surface area contributed by atoms with Crippen LogP contribution in [0.4, 0.5) is 0 Å². The van der Waals surface area contributed by atoms with Crippen molar-refractivity contribution in [1.29, 1.82) is 0 Å². The van der Waals surface area contributed by atoms with Crippen LogP contribution >= 0.6 is 0 Å². The quantitative estimate of drug-likeness (QED) is 0.762. The number of benzene rings is 1. The minimum Gasteiger partial charge on any atom is -0.497 e. The van der Waals surface area contributed by atoms with Gasteiger partial charge in [-0.3, -0.25) is 4.79 Å². The lowest BCUT2D eigenvalue weighted by Crippen LogP contribution is -2.42. The third-order valence-electron chi connectivity index (χ3n) is 4.29. The van der Waals surface area contributed by atoms with Gasteiger partial charge in [-0.1, -0.05) is 13.8 Å². The van der Waals surface area contributed by atoms with Crippen molar-refractivity contribution in [3.63, 3.8) is 0 Å². The van der Waals surface area contributed by atoms with Crippen LogP contribution in [0.5, 0.6) is 11.5 Å². The lowest BCUT2D eigenvalue weighted by atomic mass is 10.0. The van der Waals surface area contributed by atoms with Gasteiger partial charge in [0.15, 0.2) is 0 Å². The predicted octanol–water partition coefficient (Wildman–Crippen LogP) is 2.42. The van der Waals surface area contributed by atoms with Crippen molar-refractivity contribution >= 4 is 11.9 Å². The largest absolute Gasteiger partial charge is 0.497 e. The average molecular weight is 335 g/mol. The summed E-state index contributed by atoms with van der Waals surface area (Å²) in [4.78, 5) is 23.7. The third kappa shape index (κ3) is 4.19. The minimum atomic E-state index is -0.992. The normalized spacial score (nSPS) is 20.4. The van der Waals surface area contributed by atoms with Crippen molar-refractivity contribution in [2.45, 2.75) is 38.6 Å². The van der Waals surface area contributed by atoms with Gasteiger partial charge in [-0.05, 0) is 37.0 Å². The molecule has 3 atom stereocenters. The fourth-order valence-electron chi connectivity index (χ4n) is 2.93. The van der Waals surface area contributed by atoms with Crippen LogP contribution in [-0.4, -0.2) is 37.2 Å². The first-order valence-electron chi connectivity index (χ1n) is 8.12. The van der Waals surface area contributed by atoms with Gasteiger partial charge in [-0.2, -0.15) is 0 Å². The van der Waals surface area contributed by atoms with Crippen molar-refractivity contribution in [2.24, 2.45) is 11.8 Å². The molecule has 0 radical (unpaired) electrons. The third-order valence-corrected chi connectivity index (χ3v) is 4.29. The van der Waals surface area contributed by atoms with Crippen LogP contribution in [0, 0.1) is 11.8 Å². The topological polar surface area (TPSA) is 84.9 Å². The van der Waals surface area contributed by atoms with Crippen LogP contribution in [0.25, 0.3) is 0 Å². The van der Waals surface area contributed by atoms with Crippen LogP contribution in [0.15, 0.2) is 18.2 Å². The molecule has 1 saturated carbocycles. The van der Waals surface area contributed by atoms with Crippen LogP contribution in [-0.2, 0) is 9.59 Å². The fourth-order valence-corrected chi connectivity index (χ4v) is 2.93. The first kappa shape index (κ1) is 18.1. The van der Waals surface area contributed by atoms with Gasteiger partial charge in [-0.25, -0.2) is 4.79 Å². The Morgan fingerprint density at radius 2 is 2.00 bits per heavy atom. The van der Waals surface area contributed by atoms with Gasteiger partial charge in [0.2, 0.25) is 5.91 Å². The van der Waals surface area contributed by atoms with E-state index in [2.05, 4.69) is 5.32 Å². The van der Waals surface area contributed by atoms with Crippen molar-refractivity contribution in [2.75, 3.05) is 14.2 Å². The van der Waals surface area contributed by atoms with Crippen LogP contribution < -0.4 is 14.8 Å². The maximum atomic E-state index is 12.4. The van der Waals surface area contributed by atoms with E-state index in [0.29, 0.717) is 24.3 Å².